The second kappa shape index (κ2) is 3.68. The van der Waals surface area contributed by atoms with Crippen molar-refractivity contribution in [2.75, 3.05) is 13.6 Å². The molecule has 2 aliphatic heterocycles. The van der Waals surface area contributed by atoms with Crippen LogP contribution in [0.5, 0.6) is 0 Å². The lowest BCUT2D eigenvalue weighted by Gasteiger charge is -2.19. The van der Waals surface area contributed by atoms with Gasteiger partial charge in [-0.3, -0.25) is 5.01 Å². The number of aromatic nitrogens is 2. The number of fused-ring (bicyclic) bond motifs is 1. The number of hydrogen-bond acceptors (Lipinski definition) is 4. The molecule has 5 nitrogen and oxygen atoms in total. The van der Waals surface area contributed by atoms with Gasteiger partial charge in [-0.2, -0.15) is 5.10 Å². The van der Waals surface area contributed by atoms with E-state index in [0.717, 1.165) is 25.2 Å². The smallest absolute Gasteiger partial charge is 0.0838 e. The van der Waals surface area contributed by atoms with Gasteiger partial charge in [-0.15, -0.1) is 0 Å². The fraction of sp³-hybridized carbons (Fsp3) is 0.364. The van der Waals surface area contributed by atoms with Crippen LogP contribution < -0.4 is 10.7 Å². The maximum Gasteiger partial charge on any atom is 0.0838 e. The number of nitrogens with one attached hydrogen (secondary N) is 2. The summed E-state index contributed by atoms with van der Waals surface area (Å²) in [5.74, 6) is 0. The molecule has 0 spiro atoms. The van der Waals surface area contributed by atoms with Crippen LogP contribution in [0.4, 0.5) is 0 Å². The van der Waals surface area contributed by atoms with Crippen LogP contribution in [0.15, 0.2) is 24.7 Å². The Balaban J connectivity index is 1.95. The molecule has 5 heteroatoms. The second-order valence-corrected chi connectivity index (χ2v) is 4.10. The summed E-state index contributed by atoms with van der Waals surface area (Å²) >= 11 is 0. The summed E-state index contributed by atoms with van der Waals surface area (Å²) in [6.07, 6.45) is 9.08. The molecular formula is C11H15N5. The van der Waals surface area contributed by atoms with Gasteiger partial charge in [0.2, 0.25) is 0 Å². The molecule has 1 aromatic rings. The first-order valence-corrected chi connectivity index (χ1v) is 5.49. The Bertz CT molecular complexity index is 433. The largest absolute Gasteiger partial charge is 0.312 e. The van der Waals surface area contributed by atoms with Gasteiger partial charge in [-0.1, -0.05) is 0 Å². The Morgan fingerprint density at radius 3 is 3.19 bits per heavy atom. The Labute approximate surface area is 94.4 Å². The van der Waals surface area contributed by atoms with E-state index in [0.29, 0.717) is 0 Å². The maximum absolute atomic E-state index is 4.61. The topological polar surface area (TPSA) is 45.1 Å². The summed E-state index contributed by atoms with van der Waals surface area (Å²) in [6.45, 7) is 1.96. The van der Waals surface area contributed by atoms with Crippen molar-refractivity contribution in [2.24, 2.45) is 0 Å². The lowest BCUT2D eigenvalue weighted by atomic mass is 10.1. The van der Waals surface area contributed by atoms with E-state index in [9.17, 15) is 0 Å². The third-order valence-corrected chi connectivity index (χ3v) is 2.85. The van der Waals surface area contributed by atoms with Crippen LogP contribution in [0.25, 0.3) is 5.70 Å². The Morgan fingerprint density at radius 1 is 1.44 bits per heavy atom. The lowest BCUT2D eigenvalue weighted by molar-refractivity contribution is 0.382. The standard InChI is InChI=1S/C11H15N5/c1-15-8-10(2-5-13-15)16-7-9-6-12-4-3-11(9)14-16/h2,5,7-8,12-13H,3-4,6H2,1H3. The third kappa shape index (κ3) is 1.59. The summed E-state index contributed by atoms with van der Waals surface area (Å²) in [7, 11) is 1.97. The van der Waals surface area contributed by atoms with Crippen molar-refractivity contribution in [3.05, 3.63) is 35.9 Å². The minimum Gasteiger partial charge on any atom is -0.312 e. The van der Waals surface area contributed by atoms with E-state index in [1.807, 2.05) is 35.2 Å². The molecule has 16 heavy (non-hydrogen) atoms. The first-order chi connectivity index (χ1) is 7.83. The highest BCUT2D eigenvalue weighted by atomic mass is 15.5. The number of hydrogen-bond donors (Lipinski definition) is 2. The third-order valence-electron chi connectivity index (χ3n) is 2.85. The van der Waals surface area contributed by atoms with E-state index >= 15 is 0 Å². The lowest BCUT2D eigenvalue weighted by Crippen LogP contribution is -2.27. The SMILES string of the molecule is CN1C=C(n2cc3c(n2)CCNC3)C=CN1. The number of nitrogens with zero attached hydrogens (tertiary/aromatic N) is 3. The van der Waals surface area contributed by atoms with Crippen molar-refractivity contribution < 1.29 is 0 Å². The van der Waals surface area contributed by atoms with Crippen LogP contribution in [0, 0.1) is 0 Å². The van der Waals surface area contributed by atoms with Crippen molar-refractivity contribution >= 4 is 5.70 Å². The summed E-state index contributed by atoms with van der Waals surface area (Å²) < 4.78 is 1.95. The molecule has 1 aromatic heterocycles. The Morgan fingerprint density at radius 2 is 2.38 bits per heavy atom. The van der Waals surface area contributed by atoms with Gasteiger partial charge in [0.05, 0.1) is 11.4 Å². The molecule has 0 saturated heterocycles. The zero-order valence-corrected chi connectivity index (χ0v) is 9.27. The molecule has 3 rings (SSSR count). The number of allylic oxidation sites excluding steroid dienone is 2. The molecule has 3 heterocycles. The van der Waals surface area contributed by atoms with Crippen molar-refractivity contribution in [3.63, 3.8) is 0 Å². The molecule has 0 amide bonds. The number of rotatable bonds is 1. The van der Waals surface area contributed by atoms with E-state index in [2.05, 4.69) is 22.0 Å². The molecule has 2 aliphatic rings. The molecule has 0 radical (unpaired) electrons. The molecule has 0 unspecified atom stereocenters. The molecule has 0 saturated carbocycles. The number of hydrazine groups is 1. The van der Waals surface area contributed by atoms with Crippen LogP contribution in [0.2, 0.25) is 0 Å². The van der Waals surface area contributed by atoms with Crippen LogP contribution in [-0.2, 0) is 13.0 Å². The monoisotopic (exact) mass is 217 g/mol. The molecule has 0 aromatic carbocycles. The molecule has 0 aliphatic carbocycles. The predicted octanol–water partition coefficient (Wildman–Crippen LogP) is 0.291. The summed E-state index contributed by atoms with van der Waals surface area (Å²) in [6, 6.07) is 0. The highest BCUT2D eigenvalue weighted by Gasteiger charge is 2.14. The molecule has 0 fully saturated rings. The van der Waals surface area contributed by atoms with Crippen molar-refractivity contribution in [1.82, 2.24) is 25.5 Å². The van der Waals surface area contributed by atoms with Crippen molar-refractivity contribution in [1.29, 1.82) is 0 Å². The highest BCUT2D eigenvalue weighted by molar-refractivity contribution is 5.57. The molecule has 2 N–H and O–H groups in total. The molecule has 84 valence electrons. The summed E-state index contributed by atoms with van der Waals surface area (Å²) in [5.41, 5.74) is 6.67. The maximum atomic E-state index is 4.61. The average molecular weight is 217 g/mol. The molecule has 0 bridgehead atoms. The van der Waals surface area contributed by atoms with Gasteiger partial charge in [-0.25, -0.2) is 4.68 Å². The molecular weight excluding hydrogens is 202 g/mol. The van der Waals surface area contributed by atoms with Crippen LogP contribution in [-0.4, -0.2) is 28.4 Å². The van der Waals surface area contributed by atoms with E-state index in [1.165, 1.54) is 11.3 Å². The van der Waals surface area contributed by atoms with Gasteiger partial charge in [0.25, 0.3) is 0 Å². The van der Waals surface area contributed by atoms with Gasteiger partial charge in [0.1, 0.15) is 0 Å². The summed E-state index contributed by atoms with van der Waals surface area (Å²) in [5, 5.41) is 9.87. The summed E-state index contributed by atoms with van der Waals surface area (Å²) in [4.78, 5) is 0. The van der Waals surface area contributed by atoms with Gasteiger partial charge in [0, 0.05) is 50.7 Å². The predicted molar refractivity (Wildman–Crippen MR) is 61.9 cm³/mol. The molecule has 0 atom stereocenters. The minimum absolute atomic E-state index is 0.931. The zero-order valence-electron chi connectivity index (χ0n) is 9.27. The second-order valence-electron chi connectivity index (χ2n) is 4.10. The van der Waals surface area contributed by atoms with Crippen LogP contribution >= 0.6 is 0 Å². The Hall–Kier alpha value is -1.75. The van der Waals surface area contributed by atoms with Crippen LogP contribution in [0.3, 0.4) is 0 Å². The first kappa shape index (κ1) is 9.47. The fourth-order valence-electron chi connectivity index (χ4n) is 2.02. The van der Waals surface area contributed by atoms with Gasteiger partial charge in [0.15, 0.2) is 0 Å². The van der Waals surface area contributed by atoms with Gasteiger partial charge >= 0.3 is 0 Å². The van der Waals surface area contributed by atoms with E-state index in [1.54, 1.807) is 0 Å². The van der Waals surface area contributed by atoms with Gasteiger partial charge < -0.3 is 10.7 Å². The minimum atomic E-state index is 0.931. The van der Waals surface area contributed by atoms with Crippen LogP contribution in [0.1, 0.15) is 11.3 Å². The first-order valence-electron chi connectivity index (χ1n) is 5.49. The quantitative estimate of drug-likeness (QED) is 0.710. The average Bonchev–Trinajstić information content (AvgIpc) is 2.72. The van der Waals surface area contributed by atoms with E-state index in [-0.39, 0.29) is 0 Å². The zero-order chi connectivity index (χ0) is 11.0. The highest BCUT2D eigenvalue weighted by Crippen LogP contribution is 2.16. The van der Waals surface area contributed by atoms with E-state index in [4.69, 9.17) is 0 Å². The van der Waals surface area contributed by atoms with Crippen molar-refractivity contribution in [2.45, 2.75) is 13.0 Å². The van der Waals surface area contributed by atoms with Gasteiger partial charge in [-0.05, 0) is 6.08 Å². The fourth-order valence-corrected chi connectivity index (χ4v) is 2.02. The van der Waals surface area contributed by atoms with Crippen molar-refractivity contribution in [3.8, 4) is 0 Å². The van der Waals surface area contributed by atoms with E-state index < -0.39 is 0 Å². The normalized spacial score (nSPS) is 19.1. The Kier molecular flexibility index (Phi) is 2.18.